The molecule has 16 heavy (non-hydrogen) atoms. The van der Waals surface area contributed by atoms with Crippen molar-refractivity contribution in [2.24, 2.45) is 0 Å². The van der Waals surface area contributed by atoms with Crippen LogP contribution in [0, 0.1) is 0 Å². The second-order valence-electron chi connectivity index (χ2n) is 3.68. The van der Waals surface area contributed by atoms with Crippen molar-refractivity contribution in [3.8, 4) is 11.3 Å². The van der Waals surface area contributed by atoms with Gasteiger partial charge in [0.1, 0.15) is 5.69 Å². The summed E-state index contributed by atoms with van der Waals surface area (Å²) in [5, 5.41) is 16.5. The quantitative estimate of drug-likeness (QED) is 0.854. The van der Waals surface area contributed by atoms with Crippen molar-refractivity contribution in [2.45, 2.75) is 19.9 Å². The van der Waals surface area contributed by atoms with Crippen LogP contribution in [0.15, 0.2) is 23.0 Å². The molecule has 2 aromatic rings. The fourth-order valence-corrected chi connectivity index (χ4v) is 1.26. The molecule has 2 rings (SSSR count). The number of aromatic carboxylic acids is 1. The summed E-state index contributed by atoms with van der Waals surface area (Å²) in [5.74, 6) is -1.30. The highest BCUT2D eigenvalue weighted by atomic mass is 16.5. The molecule has 0 unspecified atom stereocenters. The number of carboxylic acids is 1. The van der Waals surface area contributed by atoms with Gasteiger partial charge < -0.3 is 9.63 Å². The number of rotatable bonds is 3. The Morgan fingerprint density at radius 1 is 1.56 bits per heavy atom. The average molecular weight is 221 g/mol. The molecule has 0 saturated carbocycles. The fourth-order valence-electron chi connectivity index (χ4n) is 1.26. The van der Waals surface area contributed by atoms with Crippen molar-refractivity contribution >= 4 is 5.97 Å². The van der Waals surface area contributed by atoms with Gasteiger partial charge in [-0.15, -0.1) is 0 Å². The van der Waals surface area contributed by atoms with Crippen LogP contribution < -0.4 is 0 Å². The molecule has 0 aliphatic carbocycles. The first kappa shape index (κ1) is 10.4. The summed E-state index contributed by atoms with van der Waals surface area (Å²) in [7, 11) is 0. The van der Waals surface area contributed by atoms with Crippen LogP contribution in [0.25, 0.3) is 11.3 Å². The first-order chi connectivity index (χ1) is 7.58. The lowest BCUT2D eigenvalue weighted by molar-refractivity contribution is 0.0652. The van der Waals surface area contributed by atoms with E-state index >= 15 is 0 Å². The molecule has 6 heteroatoms. The maximum atomic E-state index is 10.6. The number of hydrogen-bond donors (Lipinski definition) is 1. The molecule has 0 aliphatic rings. The van der Waals surface area contributed by atoms with Crippen LogP contribution in [0.5, 0.6) is 0 Å². The van der Waals surface area contributed by atoms with E-state index in [1.54, 1.807) is 17.1 Å². The molecule has 84 valence electrons. The molecule has 6 nitrogen and oxygen atoms in total. The second kappa shape index (κ2) is 3.80. The van der Waals surface area contributed by atoms with Gasteiger partial charge in [-0.3, -0.25) is 4.68 Å². The minimum atomic E-state index is -1.13. The Labute approximate surface area is 91.5 Å². The first-order valence-electron chi connectivity index (χ1n) is 4.82. The van der Waals surface area contributed by atoms with Gasteiger partial charge >= 0.3 is 5.97 Å². The van der Waals surface area contributed by atoms with Gasteiger partial charge in [0.25, 0.3) is 0 Å². The van der Waals surface area contributed by atoms with Crippen LogP contribution >= 0.6 is 0 Å². The van der Waals surface area contributed by atoms with Crippen LogP contribution in [0.1, 0.15) is 30.4 Å². The molecular weight excluding hydrogens is 210 g/mol. The zero-order valence-corrected chi connectivity index (χ0v) is 8.91. The van der Waals surface area contributed by atoms with E-state index < -0.39 is 5.97 Å². The van der Waals surface area contributed by atoms with Gasteiger partial charge in [0.05, 0.1) is 6.20 Å². The van der Waals surface area contributed by atoms with Gasteiger partial charge in [-0.25, -0.2) is 4.79 Å². The maximum Gasteiger partial charge on any atom is 0.374 e. The summed E-state index contributed by atoms with van der Waals surface area (Å²) < 4.78 is 6.43. The molecule has 2 heterocycles. The minimum absolute atomic E-state index is 0.174. The Bertz CT molecular complexity index is 513. The van der Waals surface area contributed by atoms with E-state index in [2.05, 4.69) is 14.8 Å². The zero-order valence-electron chi connectivity index (χ0n) is 8.91. The highest BCUT2D eigenvalue weighted by Gasteiger charge is 2.13. The topological polar surface area (TPSA) is 81.2 Å². The molecule has 1 N–H and O–H groups in total. The van der Waals surface area contributed by atoms with E-state index in [0.29, 0.717) is 5.69 Å². The smallest absolute Gasteiger partial charge is 0.374 e. The van der Waals surface area contributed by atoms with Crippen LogP contribution in [0.3, 0.4) is 0 Å². The second-order valence-corrected chi connectivity index (χ2v) is 3.68. The van der Waals surface area contributed by atoms with Crippen molar-refractivity contribution < 1.29 is 14.4 Å². The van der Waals surface area contributed by atoms with Crippen molar-refractivity contribution in [3.05, 3.63) is 24.2 Å². The normalized spacial score (nSPS) is 10.9. The number of aromatic nitrogens is 3. The molecule has 2 aromatic heterocycles. The Morgan fingerprint density at radius 3 is 2.81 bits per heavy atom. The zero-order chi connectivity index (χ0) is 11.7. The third-order valence-electron chi connectivity index (χ3n) is 2.15. The van der Waals surface area contributed by atoms with E-state index in [4.69, 9.17) is 5.11 Å². The fraction of sp³-hybridized carbons (Fsp3) is 0.300. The lowest BCUT2D eigenvalue weighted by atomic mass is 10.2. The molecule has 0 amide bonds. The van der Waals surface area contributed by atoms with Gasteiger partial charge in [0.15, 0.2) is 0 Å². The predicted octanol–water partition coefficient (Wildman–Crippen LogP) is 1.82. The van der Waals surface area contributed by atoms with Crippen molar-refractivity contribution in [2.75, 3.05) is 0 Å². The molecule has 0 radical (unpaired) electrons. The summed E-state index contributed by atoms with van der Waals surface area (Å²) in [6.45, 7) is 4.00. The molecule has 0 bridgehead atoms. The SMILES string of the molecule is CC(C)n1cc(-c2cc(C(=O)O)on2)cn1. The molecule has 0 saturated heterocycles. The Hall–Kier alpha value is -2.11. The molecule has 0 atom stereocenters. The van der Waals surface area contributed by atoms with E-state index in [9.17, 15) is 4.79 Å². The summed E-state index contributed by atoms with van der Waals surface area (Å²) in [5.41, 5.74) is 1.22. The lowest BCUT2D eigenvalue weighted by Crippen LogP contribution is -1.99. The van der Waals surface area contributed by atoms with E-state index in [1.165, 1.54) is 6.07 Å². The third kappa shape index (κ3) is 1.81. The monoisotopic (exact) mass is 221 g/mol. The Kier molecular flexibility index (Phi) is 2.47. The molecule has 0 spiro atoms. The number of carboxylic acid groups (broad SMARTS) is 1. The molecule has 0 aliphatic heterocycles. The third-order valence-corrected chi connectivity index (χ3v) is 2.15. The number of hydrogen-bond acceptors (Lipinski definition) is 4. The standard InChI is InChI=1S/C10H11N3O3/c1-6(2)13-5-7(4-11-13)8-3-9(10(14)15)16-12-8/h3-6H,1-2H3,(H,14,15). The Balaban J connectivity index is 2.31. The van der Waals surface area contributed by atoms with Gasteiger partial charge in [-0.1, -0.05) is 5.16 Å². The molecule has 0 fully saturated rings. The van der Waals surface area contributed by atoms with Gasteiger partial charge in [-0.2, -0.15) is 5.10 Å². The summed E-state index contributed by atoms with van der Waals surface area (Å²) >= 11 is 0. The molecule has 0 aromatic carbocycles. The first-order valence-corrected chi connectivity index (χ1v) is 4.82. The van der Waals surface area contributed by atoms with Crippen LogP contribution in [-0.2, 0) is 0 Å². The van der Waals surface area contributed by atoms with E-state index in [-0.39, 0.29) is 11.8 Å². The largest absolute Gasteiger partial charge is 0.475 e. The van der Waals surface area contributed by atoms with E-state index in [0.717, 1.165) is 5.56 Å². The van der Waals surface area contributed by atoms with Gasteiger partial charge in [-0.05, 0) is 13.8 Å². The van der Waals surface area contributed by atoms with E-state index in [1.807, 2.05) is 13.8 Å². The van der Waals surface area contributed by atoms with Crippen LogP contribution in [-0.4, -0.2) is 26.0 Å². The Morgan fingerprint density at radius 2 is 2.31 bits per heavy atom. The van der Waals surface area contributed by atoms with Gasteiger partial charge in [0, 0.05) is 23.9 Å². The number of carbonyl (C=O) groups is 1. The minimum Gasteiger partial charge on any atom is -0.475 e. The highest BCUT2D eigenvalue weighted by molar-refractivity contribution is 5.85. The highest BCUT2D eigenvalue weighted by Crippen LogP contribution is 2.19. The summed E-state index contributed by atoms with van der Waals surface area (Å²) in [6, 6.07) is 1.63. The number of nitrogens with zero attached hydrogens (tertiary/aromatic N) is 3. The van der Waals surface area contributed by atoms with Gasteiger partial charge in [0.2, 0.25) is 5.76 Å². The lowest BCUT2D eigenvalue weighted by Gasteiger charge is -2.02. The van der Waals surface area contributed by atoms with Crippen molar-refractivity contribution in [3.63, 3.8) is 0 Å². The van der Waals surface area contributed by atoms with Crippen molar-refractivity contribution in [1.82, 2.24) is 14.9 Å². The van der Waals surface area contributed by atoms with Crippen molar-refractivity contribution in [1.29, 1.82) is 0 Å². The maximum absolute atomic E-state index is 10.6. The molecular formula is C10H11N3O3. The summed E-state index contributed by atoms with van der Waals surface area (Å²) in [6.07, 6.45) is 3.43. The predicted molar refractivity (Wildman–Crippen MR) is 55.1 cm³/mol. The average Bonchev–Trinajstić information content (AvgIpc) is 2.86. The summed E-state index contributed by atoms with van der Waals surface area (Å²) in [4.78, 5) is 10.6. The van der Waals surface area contributed by atoms with Crippen LogP contribution in [0.2, 0.25) is 0 Å². The van der Waals surface area contributed by atoms with Crippen LogP contribution in [0.4, 0.5) is 0 Å².